The van der Waals surface area contributed by atoms with E-state index in [9.17, 15) is 0 Å². The van der Waals surface area contributed by atoms with Gasteiger partial charge in [0.25, 0.3) is 0 Å². The first kappa shape index (κ1) is 22.0. The number of nitrogens with one attached hydrogen (secondary N) is 2. The average molecular weight is 412 g/mol. The third-order valence-corrected chi connectivity index (χ3v) is 5.12. The number of methoxy groups -OCH3 is 1. The number of benzene rings is 2. The third kappa shape index (κ3) is 6.13. The van der Waals surface area contributed by atoms with Crippen LogP contribution in [-0.4, -0.2) is 45.4 Å². The SMILES string of the molecule is CCNC(=NCC(C)Oc1ccccc1OC)NCC1CCOC1c1ccccc1. The largest absolute Gasteiger partial charge is 0.493 e. The van der Waals surface area contributed by atoms with Gasteiger partial charge in [-0.1, -0.05) is 42.5 Å². The second kappa shape index (κ2) is 11.5. The molecule has 0 spiro atoms. The molecule has 1 heterocycles. The third-order valence-electron chi connectivity index (χ3n) is 5.12. The summed E-state index contributed by atoms with van der Waals surface area (Å²) in [4.78, 5) is 4.71. The quantitative estimate of drug-likeness (QED) is 0.485. The van der Waals surface area contributed by atoms with Crippen molar-refractivity contribution in [2.24, 2.45) is 10.9 Å². The molecule has 6 heteroatoms. The smallest absolute Gasteiger partial charge is 0.191 e. The summed E-state index contributed by atoms with van der Waals surface area (Å²) in [5.41, 5.74) is 1.24. The minimum atomic E-state index is -0.0800. The van der Waals surface area contributed by atoms with Crippen LogP contribution in [0.4, 0.5) is 0 Å². The van der Waals surface area contributed by atoms with E-state index in [1.54, 1.807) is 7.11 Å². The van der Waals surface area contributed by atoms with Gasteiger partial charge < -0.3 is 24.8 Å². The van der Waals surface area contributed by atoms with E-state index < -0.39 is 0 Å². The van der Waals surface area contributed by atoms with Crippen molar-refractivity contribution in [2.75, 3.05) is 33.4 Å². The summed E-state index contributed by atoms with van der Waals surface area (Å²) in [6, 6.07) is 18.1. The molecule has 0 amide bonds. The molecule has 3 atom stereocenters. The zero-order valence-corrected chi connectivity index (χ0v) is 18.1. The maximum atomic E-state index is 6.01. The van der Waals surface area contributed by atoms with Crippen LogP contribution in [0.25, 0.3) is 0 Å². The van der Waals surface area contributed by atoms with Gasteiger partial charge in [-0.25, -0.2) is 4.99 Å². The molecule has 1 aliphatic rings. The number of aliphatic imine (C=N–C) groups is 1. The molecule has 1 fully saturated rings. The van der Waals surface area contributed by atoms with Gasteiger partial charge in [-0.15, -0.1) is 0 Å². The lowest BCUT2D eigenvalue weighted by molar-refractivity contribution is 0.0915. The molecule has 2 aromatic carbocycles. The number of para-hydroxylation sites is 2. The highest BCUT2D eigenvalue weighted by molar-refractivity contribution is 5.79. The van der Waals surface area contributed by atoms with E-state index in [0.29, 0.717) is 12.5 Å². The van der Waals surface area contributed by atoms with Crippen molar-refractivity contribution in [3.63, 3.8) is 0 Å². The van der Waals surface area contributed by atoms with Gasteiger partial charge in [-0.3, -0.25) is 0 Å². The Hall–Kier alpha value is -2.73. The predicted molar refractivity (Wildman–Crippen MR) is 120 cm³/mol. The van der Waals surface area contributed by atoms with Gasteiger partial charge >= 0.3 is 0 Å². The Morgan fingerprint density at radius 1 is 1.10 bits per heavy atom. The molecule has 1 aliphatic heterocycles. The van der Waals surface area contributed by atoms with Crippen LogP contribution in [0.1, 0.15) is 31.9 Å². The summed E-state index contributed by atoms with van der Waals surface area (Å²) in [7, 11) is 1.65. The molecule has 0 radical (unpaired) electrons. The number of nitrogens with zero attached hydrogens (tertiary/aromatic N) is 1. The monoisotopic (exact) mass is 411 g/mol. The molecule has 30 heavy (non-hydrogen) atoms. The van der Waals surface area contributed by atoms with Crippen LogP contribution in [0.3, 0.4) is 0 Å². The minimum Gasteiger partial charge on any atom is -0.493 e. The summed E-state index contributed by atoms with van der Waals surface area (Å²) in [5, 5.41) is 6.80. The lowest BCUT2D eigenvalue weighted by atomic mass is 9.95. The van der Waals surface area contributed by atoms with Gasteiger partial charge in [-0.05, 0) is 38.0 Å². The molecule has 3 unspecified atom stereocenters. The van der Waals surface area contributed by atoms with Crippen LogP contribution in [0.2, 0.25) is 0 Å². The van der Waals surface area contributed by atoms with E-state index in [1.807, 2.05) is 37.3 Å². The maximum Gasteiger partial charge on any atom is 0.191 e. The van der Waals surface area contributed by atoms with Gasteiger partial charge in [-0.2, -0.15) is 0 Å². The first-order chi connectivity index (χ1) is 14.7. The van der Waals surface area contributed by atoms with Gasteiger partial charge in [0.1, 0.15) is 6.10 Å². The number of guanidine groups is 1. The van der Waals surface area contributed by atoms with Crippen LogP contribution in [0.5, 0.6) is 11.5 Å². The van der Waals surface area contributed by atoms with Crippen LogP contribution in [0.15, 0.2) is 59.6 Å². The summed E-state index contributed by atoms with van der Waals surface area (Å²) >= 11 is 0. The predicted octanol–water partition coefficient (Wildman–Crippen LogP) is 3.80. The molecule has 6 nitrogen and oxygen atoms in total. The second-order valence-electron chi connectivity index (χ2n) is 7.43. The van der Waals surface area contributed by atoms with Gasteiger partial charge in [0, 0.05) is 25.6 Å². The summed E-state index contributed by atoms with van der Waals surface area (Å²) in [6.07, 6.45) is 1.09. The topological polar surface area (TPSA) is 64.1 Å². The maximum absolute atomic E-state index is 6.01. The van der Waals surface area contributed by atoms with Gasteiger partial charge in [0.05, 0.1) is 19.8 Å². The van der Waals surface area contributed by atoms with E-state index in [1.165, 1.54) is 5.56 Å². The Morgan fingerprint density at radius 2 is 1.83 bits per heavy atom. The van der Waals surface area contributed by atoms with E-state index >= 15 is 0 Å². The highest BCUT2D eigenvalue weighted by Crippen LogP contribution is 2.33. The standard InChI is InChI=1S/C24H33N3O3/c1-4-25-24(26-16-18(2)30-22-13-9-8-12-21(22)28-3)27-17-20-14-15-29-23(20)19-10-6-5-7-11-19/h5-13,18,20,23H,4,14-17H2,1-3H3,(H2,25,26,27). The van der Waals surface area contributed by atoms with E-state index in [0.717, 1.165) is 43.6 Å². The summed E-state index contributed by atoms with van der Waals surface area (Å²) < 4.78 is 17.4. The Morgan fingerprint density at radius 3 is 2.57 bits per heavy atom. The molecule has 0 aliphatic carbocycles. The van der Waals surface area contributed by atoms with Gasteiger partial charge in [0.2, 0.25) is 0 Å². The molecular weight excluding hydrogens is 378 g/mol. The molecule has 162 valence electrons. The Bertz CT molecular complexity index is 797. The van der Waals surface area contributed by atoms with E-state index in [2.05, 4.69) is 41.8 Å². The van der Waals surface area contributed by atoms with Crippen LogP contribution in [-0.2, 0) is 4.74 Å². The molecule has 2 N–H and O–H groups in total. The highest BCUT2D eigenvalue weighted by Gasteiger charge is 2.29. The van der Waals surface area contributed by atoms with Crippen molar-refractivity contribution in [1.29, 1.82) is 0 Å². The lowest BCUT2D eigenvalue weighted by Crippen LogP contribution is -2.40. The van der Waals surface area contributed by atoms with Crippen LogP contribution < -0.4 is 20.1 Å². The second-order valence-corrected chi connectivity index (χ2v) is 7.43. The average Bonchev–Trinajstić information content (AvgIpc) is 3.25. The number of ether oxygens (including phenoxy) is 3. The van der Waals surface area contributed by atoms with Crippen molar-refractivity contribution in [1.82, 2.24) is 10.6 Å². The van der Waals surface area contributed by atoms with Crippen molar-refractivity contribution in [3.8, 4) is 11.5 Å². The van der Waals surface area contributed by atoms with E-state index in [-0.39, 0.29) is 12.2 Å². The van der Waals surface area contributed by atoms with Crippen LogP contribution in [0, 0.1) is 5.92 Å². The first-order valence-corrected chi connectivity index (χ1v) is 10.7. The molecule has 0 bridgehead atoms. The molecular formula is C24H33N3O3. The number of hydrogen-bond donors (Lipinski definition) is 2. The Kier molecular flexibility index (Phi) is 8.39. The van der Waals surface area contributed by atoms with E-state index in [4.69, 9.17) is 19.2 Å². The summed E-state index contributed by atoms with van der Waals surface area (Å²) in [6.45, 7) is 7.03. The zero-order chi connectivity index (χ0) is 21.2. The lowest BCUT2D eigenvalue weighted by Gasteiger charge is -2.21. The first-order valence-electron chi connectivity index (χ1n) is 10.7. The molecule has 0 saturated carbocycles. The van der Waals surface area contributed by atoms with Crippen molar-refractivity contribution in [3.05, 3.63) is 60.2 Å². The summed E-state index contributed by atoms with van der Waals surface area (Å²) in [5.74, 6) is 2.67. The molecule has 2 aromatic rings. The van der Waals surface area contributed by atoms with Crippen molar-refractivity contribution < 1.29 is 14.2 Å². The fraction of sp³-hybridized carbons (Fsp3) is 0.458. The fourth-order valence-corrected chi connectivity index (χ4v) is 3.61. The highest BCUT2D eigenvalue weighted by atomic mass is 16.5. The molecule has 0 aromatic heterocycles. The number of rotatable bonds is 9. The Balaban J connectivity index is 1.55. The van der Waals surface area contributed by atoms with Gasteiger partial charge in [0.15, 0.2) is 17.5 Å². The number of hydrogen-bond acceptors (Lipinski definition) is 4. The van der Waals surface area contributed by atoms with Crippen molar-refractivity contribution in [2.45, 2.75) is 32.5 Å². The van der Waals surface area contributed by atoms with Crippen LogP contribution >= 0.6 is 0 Å². The fourth-order valence-electron chi connectivity index (χ4n) is 3.61. The minimum absolute atomic E-state index is 0.0800. The Labute approximate surface area is 179 Å². The molecule has 3 rings (SSSR count). The zero-order valence-electron chi connectivity index (χ0n) is 18.1. The molecule has 1 saturated heterocycles. The normalized spacial score (nSPS) is 19.9. The van der Waals surface area contributed by atoms with Crippen molar-refractivity contribution >= 4 is 5.96 Å².